The third kappa shape index (κ3) is 6.10. The number of rotatable bonds is 6. The van der Waals surface area contributed by atoms with Gasteiger partial charge in [-0.25, -0.2) is 4.79 Å². The first-order valence-electron chi connectivity index (χ1n) is 10.0. The maximum absolute atomic E-state index is 12.6. The predicted molar refractivity (Wildman–Crippen MR) is 111 cm³/mol. The minimum Gasteiger partial charge on any atom is -0.444 e. The Labute approximate surface area is 168 Å². The van der Waals surface area contributed by atoms with Crippen LogP contribution in [0.4, 0.5) is 4.79 Å². The highest BCUT2D eigenvalue weighted by molar-refractivity contribution is 5.68. The van der Waals surface area contributed by atoms with Crippen LogP contribution >= 0.6 is 0 Å². The Morgan fingerprint density at radius 1 is 0.929 bits per heavy atom. The van der Waals surface area contributed by atoms with Crippen molar-refractivity contribution >= 4 is 6.09 Å². The van der Waals surface area contributed by atoms with Crippen molar-refractivity contribution in [2.45, 2.75) is 39.4 Å². The fourth-order valence-electron chi connectivity index (χ4n) is 3.65. The normalized spacial score (nSPS) is 19.6. The molecule has 150 valence electrons. The van der Waals surface area contributed by atoms with E-state index < -0.39 is 5.60 Å². The first-order chi connectivity index (χ1) is 13.4. The number of hydrogen-bond donors (Lipinski definition) is 0. The summed E-state index contributed by atoms with van der Waals surface area (Å²) >= 11 is 0. The third-order valence-corrected chi connectivity index (χ3v) is 5.01. The number of amides is 1. The monoisotopic (exact) mass is 381 g/mol. The van der Waals surface area contributed by atoms with E-state index in [2.05, 4.69) is 36.4 Å². The zero-order chi connectivity index (χ0) is 20.0. The Balaban J connectivity index is 1.62. The molecule has 4 nitrogen and oxygen atoms in total. The fraction of sp³-hybridized carbons (Fsp3) is 0.458. The van der Waals surface area contributed by atoms with Crippen LogP contribution in [0.5, 0.6) is 0 Å². The van der Waals surface area contributed by atoms with Gasteiger partial charge in [0.1, 0.15) is 5.60 Å². The van der Waals surface area contributed by atoms with Crippen LogP contribution in [0.25, 0.3) is 0 Å². The molecule has 0 unspecified atom stereocenters. The highest BCUT2D eigenvalue weighted by Crippen LogP contribution is 2.29. The van der Waals surface area contributed by atoms with Crippen LogP contribution in [0.15, 0.2) is 60.7 Å². The minimum atomic E-state index is -0.478. The average Bonchev–Trinajstić information content (AvgIpc) is 3.05. The van der Waals surface area contributed by atoms with Gasteiger partial charge in [-0.05, 0) is 44.2 Å². The van der Waals surface area contributed by atoms with Gasteiger partial charge >= 0.3 is 6.09 Å². The van der Waals surface area contributed by atoms with Crippen molar-refractivity contribution in [2.24, 2.45) is 11.8 Å². The molecule has 2 aromatic carbocycles. The van der Waals surface area contributed by atoms with Crippen LogP contribution in [0.3, 0.4) is 0 Å². The van der Waals surface area contributed by atoms with Gasteiger partial charge in [0.15, 0.2) is 0 Å². The number of nitrogens with zero attached hydrogens (tertiary/aromatic N) is 1. The van der Waals surface area contributed by atoms with Crippen molar-refractivity contribution < 1.29 is 14.3 Å². The topological polar surface area (TPSA) is 38.8 Å². The van der Waals surface area contributed by atoms with E-state index in [0.29, 0.717) is 38.1 Å². The van der Waals surface area contributed by atoms with E-state index in [4.69, 9.17) is 9.47 Å². The molecule has 0 radical (unpaired) electrons. The molecule has 0 spiro atoms. The van der Waals surface area contributed by atoms with Gasteiger partial charge in [0, 0.05) is 19.0 Å². The SMILES string of the molecule is CC(C)(C)OC(=O)N1C[C@H](COCc2ccccc2)[C@@H](Cc2ccccc2)C1. The Bertz CT molecular complexity index is 739. The zero-order valence-electron chi connectivity index (χ0n) is 17.1. The Morgan fingerprint density at radius 2 is 1.50 bits per heavy atom. The molecule has 1 heterocycles. The lowest BCUT2D eigenvalue weighted by molar-refractivity contribution is 0.0271. The van der Waals surface area contributed by atoms with Crippen LogP contribution in [0, 0.1) is 11.8 Å². The molecule has 1 saturated heterocycles. The van der Waals surface area contributed by atoms with Gasteiger partial charge in [-0.1, -0.05) is 60.7 Å². The van der Waals surface area contributed by atoms with E-state index in [1.807, 2.05) is 49.9 Å². The molecule has 28 heavy (non-hydrogen) atoms. The molecule has 0 aromatic heterocycles. The molecular formula is C24H31NO3. The summed E-state index contributed by atoms with van der Waals surface area (Å²) in [5.74, 6) is 0.669. The molecular weight excluding hydrogens is 350 g/mol. The van der Waals surface area contributed by atoms with Crippen molar-refractivity contribution in [3.8, 4) is 0 Å². The molecule has 2 aromatic rings. The van der Waals surface area contributed by atoms with E-state index in [9.17, 15) is 4.79 Å². The second kappa shape index (κ2) is 9.24. The first kappa shape index (κ1) is 20.4. The second-order valence-electron chi connectivity index (χ2n) is 8.60. The molecule has 4 heteroatoms. The molecule has 0 bridgehead atoms. The predicted octanol–water partition coefficient (Wildman–Crippen LogP) is 4.93. The number of benzene rings is 2. The summed E-state index contributed by atoms with van der Waals surface area (Å²) in [7, 11) is 0. The van der Waals surface area contributed by atoms with Crippen molar-refractivity contribution in [2.75, 3.05) is 19.7 Å². The van der Waals surface area contributed by atoms with Crippen molar-refractivity contribution in [3.05, 3.63) is 71.8 Å². The minimum absolute atomic E-state index is 0.226. The number of ether oxygens (including phenoxy) is 2. The van der Waals surface area contributed by atoms with Gasteiger partial charge in [0.05, 0.1) is 13.2 Å². The average molecular weight is 382 g/mol. The molecule has 0 saturated carbocycles. The number of likely N-dealkylation sites (tertiary alicyclic amines) is 1. The Hall–Kier alpha value is -2.33. The van der Waals surface area contributed by atoms with Gasteiger partial charge in [-0.3, -0.25) is 0 Å². The van der Waals surface area contributed by atoms with E-state index in [1.54, 1.807) is 0 Å². The van der Waals surface area contributed by atoms with E-state index in [1.165, 1.54) is 11.1 Å². The molecule has 1 aliphatic heterocycles. The summed E-state index contributed by atoms with van der Waals surface area (Å²) in [6, 6.07) is 20.7. The number of hydrogen-bond acceptors (Lipinski definition) is 3. The summed E-state index contributed by atoms with van der Waals surface area (Å²) in [6.45, 7) is 8.35. The second-order valence-corrected chi connectivity index (χ2v) is 8.60. The molecule has 1 aliphatic rings. The zero-order valence-corrected chi connectivity index (χ0v) is 17.1. The lowest BCUT2D eigenvalue weighted by Gasteiger charge is -2.24. The van der Waals surface area contributed by atoms with Gasteiger partial charge < -0.3 is 14.4 Å². The molecule has 2 atom stereocenters. The van der Waals surface area contributed by atoms with E-state index in [-0.39, 0.29) is 6.09 Å². The van der Waals surface area contributed by atoms with Gasteiger partial charge in [0.2, 0.25) is 0 Å². The molecule has 3 rings (SSSR count). The molecule has 0 N–H and O–H groups in total. The highest BCUT2D eigenvalue weighted by atomic mass is 16.6. The van der Waals surface area contributed by atoms with E-state index >= 15 is 0 Å². The van der Waals surface area contributed by atoms with Crippen LogP contribution in [-0.4, -0.2) is 36.3 Å². The van der Waals surface area contributed by atoms with Gasteiger partial charge in [-0.15, -0.1) is 0 Å². The summed E-state index contributed by atoms with van der Waals surface area (Å²) in [6.07, 6.45) is 0.718. The summed E-state index contributed by atoms with van der Waals surface area (Å²) in [4.78, 5) is 14.4. The van der Waals surface area contributed by atoms with Crippen LogP contribution in [0.1, 0.15) is 31.9 Å². The summed E-state index contributed by atoms with van der Waals surface area (Å²) in [5.41, 5.74) is 1.99. The Kier molecular flexibility index (Phi) is 6.74. The van der Waals surface area contributed by atoms with Crippen molar-refractivity contribution in [1.29, 1.82) is 0 Å². The van der Waals surface area contributed by atoms with Gasteiger partial charge in [0.25, 0.3) is 0 Å². The maximum atomic E-state index is 12.6. The number of carbonyl (C=O) groups excluding carboxylic acids is 1. The van der Waals surface area contributed by atoms with Gasteiger partial charge in [-0.2, -0.15) is 0 Å². The smallest absolute Gasteiger partial charge is 0.410 e. The quantitative estimate of drug-likeness (QED) is 0.712. The Morgan fingerprint density at radius 3 is 2.11 bits per heavy atom. The largest absolute Gasteiger partial charge is 0.444 e. The molecule has 1 fully saturated rings. The maximum Gasteiger partial charge on any atom is 0.410 e. The summed E-state index contributed by atoms with van der Waals surface area (Å²) in [5, 5.41) is 0. The third-order valence-electron chi connectivity index (χ3n) is 5.01. The number of carbonyl (C=O) groups is 1. The first-order valence-corrected chi connectivity index (χ1v) is 10.0. The summed E-state index contributed by atoms with van der Waals surface area (Å²) < 4.78 is 11.6. The molecule has 0 aliphatic carbocycles. The fourth-order valence-corrected chi connectivity index (χ4v) is 3.65. The lowest BCUT2D eigenvalue weighted by Crippen LogP contribution is -2.35. The van der Waals surface area contributed by atoms with Crippen LogP contribution in [-0.2, 0) is 22.5 Å². The van der Waals surface area contributed by atoms with Crippen molar-refractivity contribution in [1.82, 2.24) is 4.90 Å². The molecule has 1 amide bonds. The van der Waals surface area contributed by atoms with Crippen molar-refractivity contribution in [3.63, 3.8) is 0 Å². The lowest BCUT2D eigenvalue weighted by atomic mass is 9.90. The van der Waals surface area contributed by atoms with E-state index in [0.717, 1.165) is 6.42 Å². The van der Waals surface area contributed by atoms with Crippen LogP contribution < -0.4 is 0 Å². The van der Waals surface area contributed by atoms with Crippen LogP contribution in [0.2, 0.25) is 0 Å². The highest BCUT2D eigenvalue weighted by Gasteiger charge is 2.37. The standard InChI is InChI=1S/C24H31NO3/c1-24(2,3)28-23(26)25-15-21(14-19-10-6-4-7-11-19)22(16-25)18-27-17-20-12-8-5-9-13-20/h4-13,21-22H,14-18H2,1-3H3/t21-,22+/m0/s1.